The first-order valence-corrected chi connectivity index (χ1v) is 7.38. The topological polar surface area (TPSA) is 59.4 Å². The number of benzene rings is 1. The van der Waals surface area contributed by atoms with Crippen molar-refractivity contribution in [2.45, 2.75) is 29.6 Å². The number of carbonyl (C=O) groups is 1. The molecule has 0 fully saturated rings. The van der Waals surface area contributed by atoms with Gasteiger partial charge in [0.05, 0.1) is 12.7 Å². The molecule has 1 heterocycles. The lowest BCUT2D eigenvalue weighted by Gasteiger charge is -2.10. The minimum Gasteiger partial charge on any atom is -0.497 e. The summed E-state index contributed by atoms with van der Waals surface area (Å²) in [6, 6.07) is 9.15. The maximum Gasteiger partial charge on any atom is 0.336 e. The molecule has 2 aromatic rings. The maximum atomic E-state index is 11.4. The summed E-state index contributed by atoms with van der Waals surface area (Å²) in [5.74, 6) is -0.00713. The normalized spacial score (nSPS) is 10.7. The van der Waals surface area contributed by atoms with Crippen molar-refractivity contribution >= 4 is 17.7 Å². The average molecular weight is 303 g/mol. The molecule has 0 spiro atoms. The van der Waals surface area contributed by atoms with Gasteiger partial charge in [-0.25, -0.2) is 4.79 Å². The van der Waals surface area contributed by atoms with Crippen molar-refractivity contribution in [3.63, 3.8) is 0 Å². The number of methoxy groups -OCH3 is 1. The van der Waals surface area contributed by atoms with E-state index in [0.717, 1.165) is 16.3 Å². The summed E-state index contributed by atoms with van der Waals surface area (Å²) in [5.41, 5.74) is 1.06. The van der Waals surface area contributed by atoms with E-state index >= 15 is 0 Å². The van der Waals surface area contributed by atoms with Crippen LogP contribution >= 0.6 is 11.8 Å². The van der Waals surface area contributed by atoms with E-state index in [1.807, 2.05) is 38.1 Å². The SMILES string of the molecule is COc1cccc(Sc2cnc(C(C)C)cc2C(=O)O)c1. The van der Waals surface area contributed by atoms with Gasteiger partial charge in [0.1, 0.15) is 5.75 Å². The van der Waals surface area contributed by atoms with Gasteiger partial charge in [-0.1, -0.05) is 31.7 Å². The first-order valence-electron chi connectivity index (χ1n) is 6.56. The zero-order valence-corrected chi connectivity index (χ0v) is 13.0. The minimum atomic E-state index is -0.940. The highest BCUT2D eigenvalue weighted by molar-refractivity contribution is 7.99. The molecule has 0 aliphatic heterocycles. The predicted octanol–water partition coefficient (Wildman–Crippen LogP) is 4.06. The van der Waals surface area contributed by atoms with Crippen molar-refractivity contribution in [1.29, 1.82) is 0 Å². The molecule has 0 aliphatic rings. The average Bonchev–Trinajstić information content (AvgIpc) is 2.47. The van der Waals surface area contributed by atoms with Crippen LogP contribution < -0.4 is 4.74 Å². The van der Waals surface area contributed by atoms with Crippen molar-refractivity contribution in [2.75, 3.05) is 7.11 Å². The molecule has 0 saturated heterocycles. The summed E-state index contributed by atoms with van der Waals surface area (Å²) >= 11 is 1.37. The number of hydrogen-bond donors (Lipinski definition) is 1. The molecule has 110 valence electrons. The minimum absolute atomic E-state index is 0.193. The van der Waals surface area contributed by atoms with E-state index in [-0.39, 0.29) is 11.5 Å². The molecule has 0 bridgehead atoms. The van der Waals surface area contributed by atoms with E-state index in [9.17, 15) is 9.90 Å². The maximum absolute atomic E-state index is 11.4. The second kappa shape index (κ2) is 6.63. The molecule has 0 aliphatic carbocycles. The molecule has 0 radical (unpaired) electrons. The van der Waals surface area contributed by atoms with Gasteiger partial charge in [0, 0.05) is 21.7 Å². The summed E-state index contributed by atoms with van der Waals surface area (Å²) in [7, 11) is 1.60. The lowest BCUT2D eigenvalue weighted by molar-refractivity contribution is 0.0692. The molecule has 1 aromatic carbocycles. The van der Waals surface area contributed by atoms with Crippen molar-refractivity contribution in [3.8, 4) is 5.75 Å². The molecular weight excluding hydrogens is 286 g/mol. The van der Waals surface area contributed by atoms with Crippen molar-refractivity contribution in [3.05, 3.63) is 47.8 Å². The Kier molecular flexibility index (Phi) is 4.85. The van der Waals surface area contributed by atoms with Crippen LogP contribution in [-0.2, 0) is 0 Å². The van der Waals surface area contributed by atoms with Crippen molar-refractivity contribution < 1.29 is 14.6 Å². The monoisotopic (exact) mass is 303 g/mol. The van der Waals surface area contributed by atoms with E-state index in [2.05, 4.69) is 4.98 Å². The Morgan fingerprint density at radius 2 is 2.10 bits per heavy atom. The van der Waals surface area contributed by atoms with Gasteiger partial charge < -0.3 is 9.84 Å². The number of pyridine rings is 1. The highest BCUT2D eigenvalue weighted by Gasteiger charge is 2.14. The number of ether oxygens (including phenoxy) is 1. The molecule has 21 heavy (non-hydrogen) atoms. The Morgan fingerprint density at radius 3 is 2.71 bits per heavy atom. The van der Waals surface area contributed by atoms with E-state index in [1.165, 1.54) is 11.8 Å². The van der Waals surface area contributed by atoms with Gasteiger partial charge in [0.2, 0.25) is 0 Å². The Hall–Kier alpha value is -2.01. The third-order valence-corrected chi connectivity index (χ3v) is 4.01. The van der Waals surface area contributed by atoms with Gasteiger partial charge in [0.25, 0.3) is 0 Å². The van der Waals surface area contributed by atoms with E-state index < -0.39 is 5.97 Å². The number of hydrogen-bond acceptors (Lipinski definition) is 4. The summed E-state index contributed by atoms with van der Waals surface area (Å²) in [4.78, 5) is 17.3. The lowest BCUT2D eigenvalue weighted by Crippen LogP contribution is -2.03. The van der Waals surface area contributed by atoms with Crippen LogP contribution in [0.2, 0.25) is 0 Å². The number of aromatic carboxylic acids is 1. The second-order valence-electron chi connectivity index (χ2n) is 4.85. The van der Waals surface area contributed by atoms with Gasteiger partial charge in [-0.15, -0.1) is 0 Å². The van der Waals surface area contributed by atoms with Crippen LogP contribution in [0.3, 0.4) is 0 Å². The van der Waals surface area contributed by atoms with Gasteiger partial charge in [0.15, 0.2) is 0 Å². The summed E-state index contributed by atoms with van der Waals surface area (Å²) in [5, 5.41) is 9.38. The fourth-order valence-electron chi connectivity index (χ4n) is 1.81. The molecule has 1 aromatic heterocycles. The van der Waals surface area contributed by atoms with Crippen LogP contribution in [0, 0.1) is 0 Å². The summed E-state index contributed by atoms with van der Waals surface area (Å²) in [6.07, 6.45) is 1.63. The van der Waals surface area contributed by atoms with Crippen LogP contribution in [0.4, 0.5) is 0 Å². The third kappa shape index (κ3) is 3.76. The van der Waals surface area contributed by atoms with Gasteiger partial charge in [-0.2, -0.15) is 0 Å². The number of rotatable bonds is 5. The molecule has 2 rings (SSSR count). The zero-order valence-electron chi connectivity index (χ0n) is 12.2. The van der Waals surface area contributed by atoms with Gasteiger partial charge in [-0.3, -0.25) is 4.98 Å². The van der Waals surface area contributed by atoms with Crippen molar-refractivity contribution in [2.24, 2.45) is 0 Å². The van der Waals surface area contributed by atoms with Crippen molar-refractivity contribution in [1.82, 2.24) is 4.98 Å². The third-order valence-electron chi connectivity index (χ3n) is 2.98. The van der Waals surface area contributed by atoms with Crippen LogP contribution in [0.5, 0.6) is 5.75 Å². The van der Waals surface area contributed by atoms with E-state index in [1.54, 1.807) is 19.4 Å². The van der Waals surface area contributed by atoms with Crippen LogP contribution in [-0.4, -0.2) is 23.2 Å². The summed E-state index contributed by atoms with van der Waals surface area (Å²) < 4.78 is 5.18. The number of nitrogens with zero attached hydrogens (tertiary/aromatic N) is 1. The molecule has 0 saturated carbocycles. The first-order chi connectivity index (χ1) is 10.0. The van der Waals surface area contributed by atoms with Crippen LogP contribution in [0.1, 0.15) is 35.8 Å². The van der Waals surface area contributed by atoms with Crippen LogP contribution in [0.25, 0.3) is 0 Å². The Labute approximate surface area is 128 Å². The highest BCUT2D eigenvalue weighted by Crippen LogP contribution is 2.33. The fourth-order valence-corrected chi connectivity index (χ4v) is 2.75. The second-order valence-corrected chi connectivity index (χ2v) is 5.96. The number of aromatic nitrogens is 1. The largest absolute Gasteiger partial charge is 0.497 e. The molecule has 0 amide bonds. The summed E-state index contributed by atoms with van der Waals surface area (Å²) in [6.45, 7) is 3.98. The smallest absolute Gasteiger partial charge is 0.336 e. The molecule has 0 atom stereocenters. The lowest BCUT2D eigenvalue weighted by atomic mass is 10.1. The zero-order chi connectivity index (χ0) is 15.4. The predicted molar refractivity (Wildman–Crippen MR) is 82.4 cm³/mol. The molecule has 0 unspecified atom stereocenters. The number of carboxylic acids is 1. The van der Waals surface area contributed by atoms with E-state index in [0.29, 0.717) is 4.90 Å². The van der Waals surface area contributed by atoms with Crippen LogP contribution in [0.15, 0.2) is 46.3 Å². The highest BCUT2D eigenvalue weighted by atomic mass is 32.2. The Bertz CT molecular complexity index is 656. The van der Waals surface area contributed by atoms with E-state index in [4.69, 9.17) is 4.74 Å². The standard InChI is InChI=1S/C16H17NO3S/c1-10(2)14-8-13(16(18)19)15(9-17-14)21-12-6-4-5-11(7-12)20-3/h4-10H,1-3H3,(H,18,19). The molecular formula is C16H17NO3S. The van der Waals surface area contributed by atoms with Gasteiger partial charge in [-0.05, 0) is 30.2 Å². The number of carboxylic acid groups (broad SMARTS) is 1. The molecule has 1 N–H and O–H groups in total. The molecule has 5 heteroatoms. The fraction of sp³-hybridized carbons (Fsp3) is 0.250. The van der Waals surface area contributed by atoms with Gasteiger partial charge >= 0.3 is 5.97 Å². The Morgan fingerprint density at radius 1 is 1.33 bits per heavy atom. The first kappa shape index (κ1) is 15.4. The quantitative estimate of drug-likeness (QED) is 0.902. The molecule has 4 nitrogen and oxygen atoms in total. The Balaban J connectivity index is 2.36.